The Balaban J connectivity index is 2.69. The van der Waals surface area contributed by atoms with Crippen LogP contribution in [0.25, 0.3) is 0 Å². The average molecular weight is 275 g/mol. The van der Waals surface area contributed by atoms with Gasteiger partial charge in [-0.25, -0.2) is 17.5 Å². The molecule has 0 aliphatic rings. The lowest BCUT2D eigenvalue weighted by Crippen LogP contribution is -2.30. The molecule has 0 aromatic heterocycles. The van der Waals surface area contributed by atoms with Crippen molar-refractivity contribution < 1.29 is 22.7 Å². The van der Waals surface area contributed by atoms with Crippen molar-refractivity contribution in [3.63, 3.8) is 0 Å². The minimum absolute atomic E-state index is 0.455. The molecule has 0 saturated carbocycles. The van der Waals surface area contributed by atoms with Gasteiger partial charge in [0.2, 0.25) is 10.0 Å². The van der Waals surface area contributed by atoms with Gasteiger partial charge >= 0.3 is 5.97 Å². The Labute approximate surface area is 105 Å². The number of carboxylic acid groups (broad SMARTS) is 1. The summed E-state index contributed by atoms with van der Waals surface area (Å²) in [5.74, 6) is -2.13. The zero-order valence-electron chi connectivity index (χ0n) is 9.76. The van der Waals surface area contributed by atoms with E-state index in [4.69, 9.17) is 5.11 Å². The zero-order valence-corrected chi connectivity index (χ0v) is 10.6. The van der Waals surface area contributed by atoms with Crippen molar-refractivity contribution in [2.75, 3.05) is 5.75 Å². The number of rotatable bonds is 6. The van der Waals surface area contributed by atoms with Crippen molar-refractivity contribution in [2.24, 2.45) is 0 Å². The van der Waals surface area contributed by atoms with Gasteiger partial charge in [-0.3, -0.25) is 4.79 Å². The fraction of sp³-hybridized carbons (Fsp3) is 0.364. The molecule has 0 spiro atoms. The van der Waals surface area contributed by atoms with E-state index in [0.717, 1.165) is 0 Å². The van der Waals surface area contributed by atoms with Crippen LogP contribution in [0.5, 0.6) is 0 Å². The Hall–Kier alpha value is -1.47. The molecule has 1 atom stereocenters. The number of aliphatic carboxylic acids is 1. The first kappa shape index (κ1) is 14.6. The first-order valence-electron chi connectivity index (χ1n) is 5.27. The molecule has 2 N–H and O–H groups in total. The highest BCUT2D eigenvalue weighted by molar-refractivity contribution is 7.89. The third-order valence-corrected chi connectivity index (χ3v) is 3.74. The van der Waals surface area contributed by atoms with E-state index < -0.39 is 40.0 Å². The molecule has 0 fully saturated rings. The van der Waals surface area contributed by atoms with Crippen LogP contribution < -0.4 is 4.72 Å². The minimum atomic E-state index is -3.69. The minimum Gasteiger partial charge on any atom is -0.481 e. The van der Waals surface area contributed by atoms with Gasteiger partial charge in [0.1, 0.15) is 5.82 Å². The smallest absolute Gasteiger partial charge is 0.304 e. The summed E-state index contributed by atoms with van der Waals surface area (Å²) < 4.78 is 38.3. The maximum Gasteiger partial charge on any atom is 0.304 e. The number of halogens is 1. The molecule has 1 aromatic carbocycles. The molecule has 7 heteroatoms. The number of carbonyl (C=O) groups is 1. The molecule has 100 valence electrons. The Morgan fingerprint density at radius 1 is 1.50 bits per heavy atom. The van der Waals surface area contributed by atoms with Gasteiger partial charge in [-0.2, -0.15) is 0 Å². The summed E-state index contributed by atoms with van der Waals surface area (Å²) in [5, 5.41) is 8.42. The molecule has 1 rings (SSSR count). The van der Waals surface area contributed by atoms with E-state index in [1.54, 1.807) is 13.0 Å². The first-order chi connectivity index (χ1) is 8.30. The summed E-state index contributed by atoms with van der Waals surface area (Å²) in [6.45, 7) is 1.56. The zero-order chi connectivity index (χ0) is 13.8. The quantitative estimate of drug-likeness (QED) is 0.819. The van der Waals surface area contributed by atoms with Crippen molar-refractivity contribution in [3.05, 3.63) is 35.6 Å². The number of sulfonamides is 1. The molecule has 0 radical (unpaired) electrons. The summed E-state index contributed by atoms with van der Waals surface area (Å²) in [4.78, 5) is 10.3. The van der Waals surface area contributed by atoms with Crippen LogP contribution in [0.2, 0.25) is 0 Å². The van der Waals surface area contributed by atoms with Gasteiger partial charge in [-0.1, -0.05) is 12.1 Å². The van der Waals surface area contributed by atoms with Gasteiger partial charge < -0.3 is 5.11 Å². The SMILES string of the molecule is C[C@H](NS(=O)(=O)CCC(=O)O)c1cccc(F)c1. The van der Waals surface area contributed by atoms with E-state index in [2.05, 4.69) is 4.72 Å². The van der Waals surface area contributed by atoms with Gasteiger partial charge in [0, 0.05) is 6.04 Å². The average Bonchev–Trinajstić information content (AvgIpc) is 2.26. The van der Waals surface area contributed by atoms with Gasteiger partial charge in [0.05, 0.1) is 12.2 Å². The summed E-state index contributed by atoms with van der Waals surface area (Å²) in [6.07, 6.45) is -0.467. The number of hydrogen-bond acceptors (Lipinski definition) is 3. The summed E-state index contributed by atoms with van der Waals surface area (Å²) >= 11 is 0. The van der Waals surface area contributed by atoms with Crippen LogP contribution in [0, 0.1) is 5.82 Å². The van der Waals surface area contributed by atoms with Gasteiger partial charge in [-0.15, -0.1) is 0 Å². The van der Waals surface area contributed by atoms with E-state index in [-0.39, 0.29) is 0 Å². The fourth-order valence-corrected chi connectivity index (χ4v) is 2.63. The van der Waals surface area contributed by atoms with E-state index in [9.17, 15) is 17.6 Å². The Morgan fingerprint density at radius 2 is 2.17 bits per heavy atom. The predicted molar refractivity (Wildman–Crippen MR) is 64.0 cm³/mol. The molecule has 5 nitrogen and oxygen atoms in total. The van der Waals surface area contributed by atoms with Crippen LogP contribution >= 0.6 is 0 Å². The topological polar surface area (TPSA) is 83.5 Å². The predicted octanol–water partition coefficient (Wildman–Crippen LogP) is 1.28. The van der Waals surface area contributed by atoms with Crippen molar-refractivity contribution in [1.29, 1.82) is 0 Å². The lowest BCUT2D eigenvalue weighted by atomic mass is 10.1. The molecular weight excluding hydrogens is 261 g/mol. The maximum atomic E-state index is 13.0. The number of hydrogen-bond donors (Lipinski definition) is 2. The van der Waals surface area contributed by atoms with E-state index in [1.807, 2.05) is 0 Å². The molecule has 1 aromatic rings. The molecule has 0 unspecified atom stereocenters. The first-order valence-corrected chi connectivity index (χ1v) is 6.92. The van der Waals surface area contributed by atoms with Crippen molar-refractivity contribution in [3.8, 4) is 0 Å². The van der Waals surface area contributed by atoms with Crippen LogP contribution in [0.1, 0.15) is 24.9 Å². The largest absolute Gasteiger partial charge is 0.481 e. The third-order valence-electron chi connectivity index (χ3n) is 2.29. The molecule has 18 heavy (non-hydrogen) atoms. The highest BCUT2D eigenvalue weighted by Gasteiger charge is 2.17. The molecule has 0 amide bonds. The highest BCUT2D eigenvalue weighted by Crippen LogP contribution is 2.14. The normalized spacial score (nSPS) is 13.2. The third kappa shape index (κ3) is 4.80. The molecule has 0 saturated heterocycles. The van der Waals surface area contributed by atoms with Crippen molar-refractivity contribution in [2.45, 2.75) is 19.4 Å². The maximum absolute atomic E-state index is 13.0. The van der Waals surface area contributed by atoms with E-state index in [1.165, 1.54) is 18.2 Å². The van der Waals surface area contributed by atoms with E-state index in [0.29, 0.717) is 5.56 Å². The number of benzene rings is 1. The van der Waals surface area contributed by atoms with Gasteiger partial charge in [0.25, 0.3) is 0 Å². The molecule has 0 heterocycles. The summed E-state index contributed by atoms with van der Waals surface area (Å²) in [6, 6.07) is 4.94. The second-order valence-corrected chi connectivity index (χ2v) is 5.73. The van der Waals surface area contributed by atoms with Crippen molar-refractivity contribution >= 4 is 16.0 Å². The van der Waals surface area contributed by atoms with Crippen LogP contribution in [0.4, 0.5) is 4.39 Å². The monoisotopic (exact) mass is 275 g/mol. The Bertz CT molecular complexity index is 530. The second kappa shape index (κ2) is 5.92. The molecule has 0 aliphatic heterocycles. The summed E-state index contributed by atoms with van der Waals surface area (Å²) in [7, 11) is -3.69. The van der Waals surface area contributed by atoms with Crippen LogP contribution in [0.3, 0.4) is 0 Å². The number of carboxylic acids is 1. The number of nitrogens with one attached hydrogen (secondary N) is 1. The van der Waals surface area contributed by atoms with Crippen molar-refractivity contribution in [1.82, 2.24) is 4.72 Å². The molecule has 0 aliphatic carbocycles. The molecular formula is C11H14FNO4S. The van der Waals surface area contributed by atoms with Crippen LogP contribution in [-0.4, -0.2) is 25.2 Å². The summed E-state index contributed by atoms with van der Waals surface area (Å²) in [5.41, 5.74) is 0.480. The molecule has 0 bridgehead atoms. The van der Waals surface area contributed by atoms with Gasteiger partial charge in [-0.05, 0) is 24.6 Å². The highest BCUT2D eigenvalue weighted by atomic mass is 32.2. The van der Waals surface area contributed by atoms with Crippen LogP contribution in [-0.2, 0) is 14.8 Å². The standard InChI is InChI=1S/C11H14FNO4S/c1-8(9-3-2-4-10(12)7-9)13-18(16,17)6-5-11(14)15/h2-4,7-8,13H,5-6H2,1H3,(H,14,15)/t8-/m0/s1. The lowest BCUT2D eigenvalue weighted by Gasteiger charge is -2.14. The van der Waals surface area contributed by atoms with Gasteiger partial charge in [0.15, 0.2) is 0 Å². The Kier molecular flexibility index (Phi) is 4.80. The fourth-order valence-electron chi connectivity index (χ4n) is 1.39. The Morgan fingerprint density at radius 3 is 2.72 bits per heavy atom. The lowest BCUT2D eigenvalue weighted by molar-refractivity contribution is -0.136. The van der Waals surface area contributed by atoms with Crippen LogP contribution in [0.15, 0.2) is 24.3 Å². The second-order valence-electron chi connectivity index (χ2n) is 3.86. The van der Waals surface area contributed by atoms with E-state index >= 15 is 0 Å².